The molecule has 2 N–H and O–H groups in total. The van der Waals surface area contributed by atoms with Crippen LogP contribution in [0.3, 0.4) is 0 Å². The van der Waals surface area contributed by atoms with E-state index < -0.39 is 34.6 Å². The van der Waals surface area contributed by atoms with E-state index in [-0.39, 0.29) is 29.5 Å². The second kappa shape index (κ2) is 8.01. The third-order valence-corrected chi connectivity index (χ3v) is 5.75. The van der Waals surface area contributed by atoms with Crippen LogP contribution < -0.4 is 15.8 Å². The molecule has 2 aliphatic rings. The molecule has 31 heavy (non-hydrogen) atoms. The van der Waals surface area contributed by atoms with Gasteiger partial charge in [-0.15, -0.1) is 0 Å². The van der Waals surface area contributed by atoms with Crippen molar-refractivity contribution in [2.45, 2.75) is 38.9 Å². The van der Waals surface area contributed by atoms with E-state index in [1.807, 2.05) is 11.9 Å². The zero-order valence-corrected chi connectivity index (χ0v) is 16.9. The summed E-state index contributed by atoms with van der Waals surface area (Å²) in [5, 5.41) is 14.8. The van der Waals surface area contributed by atoms with Gasteiger partial charge < -0.3 is 15.3 Å². The van der Waals surface area contributed by atoms with E-state index in [2.05, 4.69) is 5.32 Å². The summed E-state index contributed by atoms with van der Waals surface area (Å²) >= 11 is 0. The summed E-state index contributed by atoms with van der Waals surface area (Å²) in [7, 11) is 0. The minimum Gasteiger partial charge on any atom is -0.502 e. The largest absolute Gasteiger partial charge is 0.502 e. The van der Waals surface area contributed by atoms with Crippen molar-refractivity contribution in [3.8, 4) is 5.75 Å². The van der Waals surface area contributed by atoms with Crippen molar-refractivity contribution in [1.82, 2.24) is 14.9 Å². The third kappa shape index (κ3) is 3.51. The lowest BCUT2D eigenvalue weighted by molar-refractivity contribution is 0.0534. The molecule has 0 bridgehead atoms. The summed E-state index contributed by atoms with van der Waals surface area (Å²) in [6, 6.07) is 2.95. The highest BCUT2D eigenvalue weighted by atomic mass is 19.1. The molecule has 2 aliphatic heterocycles. The molecule has 2 amide bonds. The highest BCUT2D eigenvalue weighted by Gasteiger charge is 2.40. The van der Waals surface area contributed by atoms with Crippen LogP contribution in [-0.4, -0.2) is 45.8 Å². The van der Waals surface area contributed by atoms with Crippen molar-refractivity contribution in [2.75, 3.05) is 18.1 Å². The number of amides is 2. The second-order valence-corrected chi connectivity index (χ2v) is 7.56. The van der Waals surface area contributed by atoms with Crippen LogP contribution in [-0.2, 0) is 6.54 Å². The van der Waals surface area contributed by atoms with Crippen molar-refractivity contribution in [3.05, 3.63) is 63.1 Å². The zero-order chi connectivity index (χ0) is 22.3. The molecule has 0 radical (unpaired) electrons. The fourth-order valence-electron chi connectivity index (χ4n) is 4.18. The average molecular weight is 432 g/mol. The number of hydrogen-bond acceptors (Lipinski definition) is 5. The lowest BCUT2D eigenvalue weighted by atomic mass is 10.1. The molecule has 1 atom stereocenters. The number of carbonyl (C=O) groups excluding carboxylic acids is 2. The van der Waals surface area contributed by atoms with Crippen molar-refractivity contribution in [2.24, 2.45) is 0 Å². The van der Waals surface area contributed by atoms with Crippen molar-refractivity contribution in [3.63, 3.8) is 0 Å². The summed E-state index contributed by atoms with van der Waals surface area (Å²) < 4.78 is 28.3. The van der Waals surface area contributed by atoms with E-state index in [1.165, 1.54) is 16.9 Å². The molecule has 1 aromatic heterocycles. The highest BCUT2D eigenvalue weighted by molar-refractivity contribution is 5.99. The first-order valence-electron chi connectivity index (χ1n) is 10.1. The Morgan fingerprint density at radius 1 is 1.26 bits per heavy atom. The first-order valence-corrected chi connectivity index (χ1v) is 10.1. The van der Waals surface area contributed by atoms with Crippen LogP contribution in [0.2, 0.25) is 0 Å². The van der Waals surface area contributed by atoms with Gasteiger partial charge in [0.1, 0.15) is 23.4 Å². The molecular weight excluding hydrogens is 410 g/mol. The van der Waals surface area contributed by atoms with E-state index in [0.29, 0.717) is 19.2 Å². The van der Waals surface area contributed by atoms with Gasteiger partial charge in [0.25, 0.3) is 11.8 Å². The molecule has 0 aliphatic carbocycles. The van der Waals surface area contributed by atoms with Crippen molar-refractivity contribution < 1.29 is 23.5 Å². The van der Waals surface area contributed by atoms with Crippen molar-refractivity contribution >= 4 is 11.8 Å². The number of aromatic hydroxyl groups is 1. The summed E-state index contributed by atoms with van der Waals surface area (Å²) in [6.07, 6.45) is 3.54. The second-order valence-electron chi connectivity index (χ2n) is 7.56. The van der Waals surface area contributed by atoms with Crippen LogP contribution >= 0.6 is 0 Å². The molecule has 3 heterocycles. The predicted molar refractivity (Wildman–Crippen MR) is 107 cm³/mol. The first-order chi connectivity index (χ1) is 14.8. The maximum Gasteiger partial charge on any atom is 0.278 e. The number of benzene rings is 1. The maximum absolute atomic E-state index is 13.8. The molecule has 8 nitrogen and oxygen atoms in total. The highest BCUT2D eigenvalue weighted by Crippen LogP contribution is 2.29. The number of nitrogens with zero attached hydrogens (tertiary/aromatic N) is 3. The molecule has 0 saturated carbocycles. The third-order valence-electron chi connectivity index (χ3n) is 5.75. The van der Waals surface area contributed by atoms with Gasteiger partial charge in [-0.3, -0.25) is 24.1 Å². The summed E-state index contributed by atoms with van der Waals surface area (Å²) in [6.45, 7) is 2.55. The molecule has 0 spiro atoms. The Labute approximate surface area is 176 Å². The number of halogens is 2. The number of rotatable bonds is 4. The molecule has 1 saturated heterocycles. The molecule has 0 unspecified atom stereocenters. The lowest BCUT2D eigenvalue weighted by Gasteiger charge is -2.48. The first kappa shape index (κ1) is 20.8. The summed E-state index contributed by atoms with van der Waals surface area (Å²) in [5.74, 6) is -3.68. The van der Waals surface area contributed by atoms with Gasteiger partial charge in [0, 0.05) is 37.5 Å². The topological polar surface area (TPSA) is 94.9 Å². The van der Waals surface area contributed by atoms with Gasteiger partial charge in [0.15, 0.2) is 11.4 Å². The van der Waals surface area contributed by atoms with Gasteiger partial charge in [0.05, 0.1) is 0 Å². The van der Waals surface area contributed by atoms with Gasteiger partial charge >= 0.3 is 0 Å². The monoisotopic (exact) mass is 432 g/mol. The average Bonchev–Trinajstić information content (AvgIpc) is 2.75. The van der Waals surface area contributed by atoms with E-state index in [4.69, 9.17) is 0 Å². The lowest BCUT2D eigenvalue weighted by Crippen LogP contribution is -2.63. The normalized spacial score (nSPS) is 17.9. The van der Waals surface area contributed by atoms with E-state index in [0.717, 1.165) is 25.3 Å². The number of aromatic nitrogens is 1. The molecule has 4 rings (SSSR count). The smallest absolute Gasteiger partial charge is 0.278 e. The van der Waals surface area contributed by atoms with E-state index in [1.54, 1.807) is 4.90 Å². The van der Waals surface area contributed by atoms with E-state index in [9.17, 15) is 28.3 Å². The summed E-state index contributed by atoms with van der Waals surface area (Å²) in [4.78, 5) is 39.9. The van der Waals surface area contributed by atoms with Crippen molar-refractivity contribution in [1.29, 1.82) is 0 Å². The Hall–Kier alpha value is -3.43. The van der Waals surface area contributed by atoms with Crippen LogP contribution in [0.5, 0.6) is 5.75 Å². The molecule has 1 fully saturated rings. The zero-order valence-electron chi connectivity index (χ0n) is 16.9. The molecule has 164 valence electrons. The van der Waals surface area contributed by atoms with Gasteiger partial charge in [-0.2, -0.15) is 0 Å². The van der Waals surface area contributed by atoms with Crippen LogP contribution in [0.25, 0.3) is 0 Å². The van der Waals surface area contributed by atoms with Crippen LogP contribution in [0.1, 0.15) is 52.6 Å². The Balaban J connectivity index is 1.69. The van der Waals surface area contributed by atoms with Crippen LogP contribution in [0.4, 0.5) is 8.78 Å². The Morgan fingerprint density at radius 2 is 2.03 bits per heavy atom. The number of nitrogens with one attached hydrogen (secondary N) is 1. The predicted octanol–water partition coefficient (Wildman–Crippen LogP) is 1.69. The number of pyridine rings is 1. The summed E-state index contributed by atoms with van der Waals surface area (Å²) in [5.41, 5.74) is -1.48. The SMILES string of the molecule is CCN1C(=O)c2c(O)c(=O)c(C(=O)NCc3ccc(F)cc3F)cn2N2CCCC[C@@H]12. The van der Waals surface area contributed by atoms with E-state index >= 15 is 0 Å². The molecule has 2 aromatic rings. The molecular formula is C21H22F2N4O4. The fourth-order valence-corrected chi connectivity index (χ4v) is 4.18. The van der Waals surface area contributed by atoms with Gasteiger partial charge in [-0.1, -0.05) is 6.07 Å². The van der Waals surface area contributed by atoms with Gasteiger partial charge in [-0.05, 0) is 32.3 Å². The Bertz CT molecular complexity index is 1120. The Morgan fingerprint density at radius 3 is 2.74 bits per heavy atom. The number of piperidine rings is 1. The number of hydrogen-bond donors (Lipinski definition) is 2. The molecule has 10 heteroatoms. The van der Waals surface area contributed by atoms with Gasteiger partial charge in [-0.25, -0.2) is 8.78 Å². The van der Waals surface area contributed by atoms with Crippen LogP contribution in [0.15, 0.2) is 29.2 Å². The quantitative estimate of drug-likeness (QED) is 0.767. The fraction of sp³-hybridized carbons (Fsp3) is 0.381. The Kier molecular flexibility index (Phi) is 5.38. The standard InChI is InChI=1S/C21H22F2N4O4/c1-2-25-16-5-3-4-8-26(16)27-11-14(18(28)19(29)17(27)21(25)31)20(30)24-10-12-6-7-13(22)9-15(12)23/h6-7,9,11,16,29H,2-5,8,10H2,1H3,(H,24,30)/t16-/m0/s1. The minimum absolute atomic E-state index is 0.0434. The minimum atomic E-state index is -0.983. The maximum atomic E-state index is 13.8. The number of fused-ring (bicyclic) bond motifs is 3. The van der Waals surface area contributed by atoms with Gasteiger partial charge in [0.2, 0.25) is 5.43 Å². The molecule has 1 aromatic carbocycles. The number of carbonyl (C=O) groups is 2. The van der Waals surface area contributed by atoms with Crippen LogP contribution in [0, 0.1) is 11.6 Å².